The number of nitriles is 1. The Balaban J connectivity index is 1.95. The van der Waals surface area contributed by atoms with Crippen molar-refractivity contribution in [3.8, 4) is 6.07 Å². The normalized spacial score (nSPS) is 47.4. The van der Waals surface area contributed by atoms with Crippen LogP contribution in [0.15, 0.2) is 0 Å². The highest BCUT2D eigenvalue weighted by atomic mass is 19.1. The Bertz CT molecular complexity index is 285. The summed E-state index contributed by atoms with van der Waals surface area (Å²) in [4.78, 5) is 0. The van der Waals surface area contributed by atoms with Crippen LogP contribution in [-0.2, 0) is 0 Å². The summed E-state index contributed by atoms with van der Waals surface area (Å²) in [6.45, 7) is 2.94. The molecule has 2 fully saturated rings. The van der Waals surface area contributed by atoms with Crippen LogP contribution in [0.5, 0.6) is 0 Å². The van der Waals surface area contributed by atoms with E-state index in [1.165, 1.54) is 0 Å². The molecule has 0 amide bonds. The molecule has 5 heteroatoms. The minimum Gasteiger partial charge on any atom is -0.290 e. The molecule has 1 saturated heterocycles. The third-order valence-corrected chi connectivity index (χ3v) is 3.93. The van der Waals surface area contributed by atoms with Gasteiger partial charge >= 0.3 is 0 Å². The largest absolute Gasteiger partial charge is 0.290 e. The third kappa shape index (κ3) is 2.75. The molecule has 17 heavy (non-hydrogen) atoms. The summed E-state index contributed by atoms with van der Waals surface area (Å²) in [6, 6.07) is 2.05. The molecule has 2 N–H and O–H groups in total. The first kappa shape index (κ1) is 12.7. The SMILES string of the molecule is CC1CC(F)C(C2CNC(C#N)NC2)C(F)C1. The molecule has 0 aromatic carbocycles. The fraction of sp³-hybridized carbons (Fsp3) is 0.917. The Kier molecular flexibility index (Phi) is 3.95. The molecular formula is C12H19F2N3. The molecule has 0 aromatic rings. The van der Waals surface area contributed by atoms with Crippen LogP contribution >= 0.6 is 0 Å². The predicted octanol–water partition coefficient (Wildman–Crippen LogP) is 1.37. The van der Waals surface area contributed by atoms with E-state index in [9.17, 15) is 8.78 Å². The van der Waals surface area contributed by atoms with Gasteiger partial charge in [0, 0.05) is 19.0 Å². The van der Waals surface area contributed by atoms with Crippen LogP contribution in [0.3, 0.4) is 0 Å². The van der Waals surface area contributed by atoms with E-state index in [1.54, 1.807) is 0 Å². The molecule has 2 aliphatic rings. The summed E-state index contributed by atoms with van der Waals surface area (Å²) in [5, 5.41) is 14.6. The summed E-state index contributed by atoms with van der Waals surface area (Å²) in [5.41, 5.74) is 0. The van der Waals surface area contributed by atoms with Gasteiger partial charge in [-0.3, -0.25) is 10.6 Å². The van der Waals surface area contributed by atoms with Gasteiger partial charge < -0.3 is 0 Å². The lowest BCUT2D eigenvalue weighted by Gasteiger charge is -2.40. The molecule has 2 unspecified atom stereocenters. The number of alkyl halides is 2. The fourth-order valence-electron chi connectivity index (χ4n) is 3.04. The highest BCUT2D eigenvalue weighted by Crippen LogP contribution is 2.37. The van der Waals surface area contributed by atoms with Gasteiger partial charge in [-0.1, -0.05) is 6.92 Å². The summed E-state index contributed by atoms with van der Waals surface area (Å²) >= 11 is 0. The van der Waals surface area contributed by atoms with Crippen molar-refractivity contribution >= 4 is 0 Å². The summed E-state index contributed by atoms with van der Waals surface area (Å²) in [7, 11) is 0. The van der Waals surface area contributed by atoms with Gasteiger partial charge in [-0.25, -0.2) is 8.78 Å². The second kappa shape index (κ2) is 5.28. The lowest BCUT2D eigenvalue weighted by molar-refractivity contribution is 0.00699. The number of rotatable bonds is 1. The summed E-state index contributed by atoms with van der Waals surface area (Å²) < 4.78 is 27.9. The zero-order valence-corrected chi connectivity index (χ0v) is 10.00. The van der Waals surface area contributed by atoms with Crippen molar-refractivity contribution in [1.82, 2.24) is 10.6 Å². The molecule has 2 atom stereocenters. The van der Waals surface area contributed by atoms with Gasteiger partial charge in [0.25, 0.3) is 0 Å². The zero-order valence-electron chi connectivity index (χ0n) is 10.00. The Hall–Kier alpha value is -0.730. The first-order valence-electron chi connectivity index (χ1n) is 6.26. The molecular weight excluding hydrogens is 224 g/mol. The molecule has 1 heterocycles. The predicted molar refractivity (Wildman–Crippen MR) is 60.6 cm³/mol. The van der Waals surface area contributed by atoms with Crippen LogP contribution < -0.4 is 10.6 Å². The van der Waals surface area contributed by atoms with Crippen molar-refractivity contribution in [2.24, 2.45) is 17.8 Å². The minimum atomic E-state index is -1.05. The molecule has 96 valence electrons. The van der Waals surface area contributed by atoms with Crippen LogP contribution in [0.1, 0.15) is 19.8 Å². The van der Waals surface area contributed by atoms with E-state index in [0.29, 0.717) is 25.9 Å². The molecule has 3 nitrogen and oxygen atoms in total. The van der Waals surface area contributed by atoms with Crippen LogP contribution in [0.25, 0.3) is 0 Å². The van der Waals surface area contributed by atoms with Crippen molar-refractivity contribution in [3.63, 3.8) is 0 Å². The first-order valence-corrected chi connectivity index (χ1v) is 6.26. The Labute approximate surface area is 101 Å². The standard InChI is InChI=1S/C12H19F2N3/c1-7-2-9(13)12(10(14)3-7)8-5-16-11(4-15)17-6-8/h7-12,16-17H,2-3,5-6H2,1H3. The smallest absolute Gasteiger partial charge is 0.147 e. The second-order valence-corrected chi connectivity index (χ2v) is 5.32. The van der Waals surface area contributed by atoms with Gasteiger partial charge in [0.2, 0.25) is 0 Å². The summed E-state index contributed by atoms with van der Waals surface area (Å²) in [5.74, 6) is -0.449. The highest BCUT2D eigenvalue weighted by molar-refractivity contribution is 4.97. The quantitative estimate of drug-likeness (QED) is 0.731. The number of hydrogen-bond acceptors (Lipinski definition) is 3. The van der Waals surface area contributed by atoms with Gasteiger partial charge in [-0.15, -0.1) is 0 Å². The Morgan fingerprint density at radius 2 is 1.65 bits per heavy atom. The number of nitrogens with zero attached hydrogens (tertiary/aromatic N) is 1. The maximum atomic E-state index is 14.0. The monoisotopic (exact) mass is 243 g/mol. The van der Waals surface area contributed by atoms with Crippen molar-refractivity contribution in [2.75, 3.05) is 13.1 Å². The third-order valence-electron chi connectivity index (χ3n) is 3.93. The summed E-state index contributed by atoms with van der Waals surface area (Å²) in [6.07, 6.45) is -1.57. The Morgan fingerprint density at radius 1 is 1.12 bits per heavy atom. The van der Waals surface area contributed by atoms with E-state index >= 15 is 0 Å². The van der Waals surface area contributed by atoms with Crippen LogP contribution in [0, 0.1) is 29.1 Å². The molecule has 1 saturated carbocycles. The van der Waals surface area contributed by atoms with E-state index in [0.717, 1.165) is 0 Å². The molecule has 2 rings (SSSR count). The Morgan fingerprint density at radius 3 is 2.12 bits per heavy atom. The maximum Gasteiger partial charge on any atom is 0.147 e. The molecule has 0 spiro atoms. The van der Waals surface area contributed by atoms with Gasteiger partial charge in [-0.2, -0.15) is 5.26 Å². The number of nitrogens with one attached hydrogen (secondary N) is 2. The first-order chi connectivity index (χ1) is 8.11. The van der Waals surface area contributed by atoms with Gasteiger partial charge in [-0.05, 0) is 24.7 Å². The minimum absolute atomic E-state index is 0.0582. The van der Waals surface area contributed by atoms with E-state index in [4.69, 9.17) is 5.26 Å². The second-order valence-electron chi connectivity index (χ2n) is 5.32. The lowest BCUT2D eigenvalue weighted by Crippen LogP contribution is -2.56. The molecule has 1 aliphatic carbocycles. The van der Waals surface area contributed by atoms with Gasteiger partial charge in [0.1, 0.15) is 18.5 Å². The average Bonchev–Trinajstić information content (AvgIpc) is 2.28. The van der Waals surface area contributed by atoms with Crippen LogP contribution in [0.2, 0.25) is 0 Å². The van der Waals surface area contributed by atoms with Gasteiger partial charge in [0.05, 0.1) is 6.07 Å². The highest BCUT2D eigenvalue weighted by Gasteiger charge is 2.42. The lowest BCUT2D eigenvalue weighted by atomic mass is 9.73. The average molecular weight is 243 g/mol. The van der Waals surface area contributed by atoms with E-state index in [-0.39, 0.29) is 18.0 Å². The molecule has 1 aliphatic heterocycles. The van der Waals surface area contributed by atoms with E-state index < -0.39 is 18.3 Å². The van der Waals surface area contributed by atoms with Crippen molar-refractivity contribution in [1.29, 1.82) is 5.26 Å². The molecule has 0 radical (unpaired) electrons. The maximum absolute atomic E-state index is 14.0. The van der Waals surface area contributed by atoms with Crippen molar-refractivity contribution < 1.29 is 8.78 Å². The van der Waals surface area contributed by atoms with Crippen molar-refractivity contribution in [2.45, 2.75) is 38.3 Å². The van der Waals surface area contributed by atoms with Crippen LogP contribution in [-0.4, -0.2) is 31.6 Å². The van der Waals surface area contributed by atoms with Crippen LogP contribution in [0.4, 0.5) is 8.78 Å². The van der Waals surface area contributed by atoms with Gasteiger partial charge in [0.15, 0.2) is 0 Å². The zero-order chi connectivity index (χ0) is 12.4. The van der Waals surface area contributed by atoms with E-state index in [2.05, 4.69) is 10.6 Å². The number of halogens is 2. The van der Waals surface area contributed by atoms with E-state index in [1.807, 2.05) is 13.0 Å². The topological polar surface area (TPSA) is 47.9 Å². The number of hydrogen-bond donors (Lipinski definition) is 2. The fourth-order valence-corrected chi connectivity index (χ4v) is 3.04. The molecule has 0 bridgehead atoms. The molecule has 0 aromatic heterocycles. The van der Waals surface area contributed by atoms with Crippen molar-refractivity contribution in [3.05, 3.63) is 0 Å².